The average Bonchev–Trinajstić information content (AvgIpc) is 3.44. The van der Waals surface area contributed by atoms with E-state index in [4.69, 9.17) is 4.74 Å². The van der Waals surface area contributed by atoms with Crippen molar-refractivity contribution in [2.24, 2.45) is 13.0 Å². The van der Waals surface area contributed by atoms with Crippen molar-refractivity contribution in [1.29, 1.82) is 0 Å². The van der Waals surface area contributed by atoms with Crippen LogP contribution in [0.3, 0.4) is 0 Å². The molecule has 11 heteroatoms. The van der Waals surface area contributed by atoms with Crippen molar-refractivity contribution in [1.82, 2.24) is 24.7 Å². The third-order valence-electron chi connectivity index (χ3n) is 5.49. The number of ether oxygens (including phenoxy) is 1. The predicted octanol–water partition coefficient (Wildman–Crippen LogP) is 4.96. The summed E-state index contributed by atoms with van der Waals surface area (Å²) in [5, 5.41) is 11.6. The van der Waals surface area contributed by atoms with E-state index in [0.29, 0.717) is 33.3 Å². The standard InChI is InChI=1S/C25H20F2N6O2S/c1-33-12-20(29-13-33)15-6-7-16(17(9-15)18-10-19(23(26)27)28-11-21(18)35-2)24(34)30-25-32-31-22(36-25)8-5-14-3-4-14/h6-7,9-14,23H,3-4H2,1-2H3,(H,30,32,34). The highest BCUT2D eigenvalue weighted by Crippen LogP contribution is 2.37. The molecule has 1 N–H and O–H groups in total. The van der Waals surface area contributed by atoms with E-state index >= 15 is 0 Å². The molecule has 1 aliphatic carbocycles. The van der Waals surface area contributed by atoms with E-state index in [1.807, 2.05) is 13.2 Å². The average molecular weight is 507 g/mol. The fourth-order valence-corrected chi connectivity index (χ4v) is 4.12. The maximum absolute atomic E-state index is 13.5. The second kappa shape index (κ2) is 9.83. The number of aromatic nitrogens is 5. The number of nitrogens with one attached hydrogen (secondary N) is 1. The zero-order valence-electron chi connectivity index (χ0n) is 19.3. The SMILES string of the molecule is COc1cnc(C(F)F)cc1-c1cc(-c2cn(C)cn2)ccc1C(=O)Nc1nnc(C#CC2CC2)s1. The molecule has 0 unspecified atom stereocenters. The number of rotatable bonds is 6. The largest absolute Gasteiger partial charge is 0.494 e. The first kappa shape index (κ1) is 23.6. The Hall–Kier alpha value is -4.17. The number of alkyl halides is 2. The summed E-state index contributed by atoms with van der Waals surface area (Å²) >= 11 is 1.17. The second-order valence-electron chi connectivity index (χ2n) is 8.20. The Labute approximate surface area is 209 Å². The van der Waals surface area contributed by atoms with Gasteiger partial charge in [0.05, 0.1) is 25.3 Å². The number of pyridine rings is 1. The maximum atomic E-state index is 13.5. The van der Waals surface area contributed by atoms with E-state index in [0.717, 1.165) is 12.8 Å². The lowest BCUT2D eigenvalue weighted by molar-refractivity contribution is 0.102. The molecule has 1 fully saturated rings. The summed E-state index contributed by atoms with van der Waals surface area (Å²) < 4.78 is 34.2. The minimum atomic E-state index is -2.79. The number of halogens is 2. The van der Waals surface area contributed by atoms with Gasteiger partial charge in [-0.1, -0.05) is 23.3 Å². The minimum absolute atomic E-state index is 0.236. The lowest BCUT2D eigenvalue weighted by atomic mass is 9.95. The van der Waals surface area contributed by atoms with Crippen LogP contribution in [-0.4, -0.2) is 37.7 Å². The van der Waals surface area contributed by atoms with Crippen molar-refractivity contribution in [2.45, 2.75) is 19.3 Å². The molecule has 1 saturated carbocycles. The summed E-state index contributed by atoms with van der Waals surface area (Å²) in [7, 11) is 3.25. The number of amides is 1. The zero-order chi connectivity index (χ0) is 25.2. The molecule has 0 aliphatic heterocycles. The van der Waals surface area contributed by atoms with Crippen LogP contribution >= 0.6 is 11.3 Å². The van der Waals surface area contributed by atoms with E-state index in [9.17, 15) is 13.6 Å². The first-order valence-corrected chi connectivity index (χ1v) is 11.8. The molecule has 4 aromatic rings. The highest BCUT2D eigenvalue weighted by atomic mass is 32.1. The molecule has 0 saturated heterocycles. The zero-order valence-corrected chi connectivity index (χ0v) is 20.1. The summed E-state index contributed by atoms with van der Waals surface area (Å²) in [5.74, 6) is 6.27. The first-order valence-electron chi connectivity index (χ1n) is 11.0. The molecule has 1 amide bonds. The third-order valence-corrected chi connectivity index (χ3v) is 6.25. The smallest absolute Gasteiger partial charge is 0.280 e. The molecule has 0 atom stereocenters. The Balaban J connectivity index is 1.55. The third kappa shape index (κ3) is 5.08. The molecule has 5 rings (SSSR count). The Bertz CT molecular complexity index is 1500. The van der Waals surface area contributed by atoms with Gasteiger partial charge >= 0.3 is 0 Å². The van der Waals surface area contributed by atoms with Crippen LogP contribution in [0.2, 0.25) is 0 Å². The maximum Gasteiger partial charge on any atom is 0.280 e. The summed E-state index contributed by atoms with van der Waals surface area (Å²) in [6.07, 6.45) is 4.09. The predicted molar refractivity (Wildman–Crippen MR) is 131 cm³/mol. The molecule has 1 aliphatic rings. The number of aryl methyl sites for hydroxylation is 1. The summed E-state index contributed by atoms with van der Waals surface area (Å²) in [6, 6.07) is 6.31. The van der Waals surface area contributed by atoms with Gasteiger partial charge in [0.15, 0.2) is 5.01 Å². The number of hydrogen-bond acceptors (Lipinski definition) is 7. The molecule has 0 bridgehead atoms. The molecule has 36 heavy (non-hydrogen) atoms. The molecular formula is C25H20F2N6O2S. The van der Waals surface area contributed by atoms with Gasteiger partial charge in [0, 0.05) is 35.9 Å². The van der Waals surface area contributed by atoms with Crippen LogP contribution in [0.4, 0.5) is 13.9 Å². The number of methoxy groups -OCH3 is 1. The van der Waals surface area contributed by atoms with Crippen LogP contribution in [0.15, 0.2) is 43.0 Å². The Morgan fingerprint density at radius 2 is 2.06 bits per heavy atom. The van der Waals surface area contributed by atoms with Crippen molar-refractivity contribution < 1.29 is 18.3 Å². The van der Waals surface area contributed by atoms with Gasteiger partial charge in [0.1, 0.15) is 11.4 Å². The van der Waals surface area contributed by atoms with Crippen molar-refractivity contribution in [3.05, 3.63) is 59.3 Å². The van der Waals surface area contributed by atoms with Gasteiger partial charge in [-0.05, 0) is 42.5 Å². The topological polar surface area (TPSA) is 94.8 Å². The summed E-state index contributed by atoms with van der Waals surface area (Å²) in [4.78, 5) is 21.5. The fraction of sp³-hybridized carbons (Fsp3) is 0.240. The van der Waals surface area contributed by atoms with Gasteiger partial charge in [0.2, 0.25) is 5.13 Å². The molecule has 0 radical (unpaired) electrons. The van der Waals surface area contributed by atoms with E-state index in [-0.39, 0.29) is 16.4 Å². The number of carbonyl (C=O) groups is 1. The lowest BCUT2D eigenvalue weighted by Crippen LogP contribution is -2.13. The Morgan fingerprint density at radius 1 is 1.22 bits per heavy atom. The number of imidazole rings is 1. The molecule has 0 spiro atoms. The molecule has 8 nitrogen and oxygen atoms in total. The monoisotopic (exact) mass is 506 g/mol. The second-order valence-corrected chi connectivity index (χ2v) is 9.18. The highest BCUT2D eigenvalue weighted by Gasteiger charge is 2.22. The number of nitrogens with zero attached hydrogens (tertiary/aromatic N) is 5. The van der Waals surface area contributed by atoms with Gasteiger partial charge in [-0.15, -0.1) is 10.2 Å². The van der Waals surface area contributed by atoms with E-state index in [1.165, 1.54) is 30.7 Å². The highest BCUT2D eigenvalue weighted by molar-refractivity contribution is 7.15. The van der Waals surface area contributed by atoms with E-state index < -0.39 is 18.0 Å². The van der Waals surface area contributed by atoms with E-state index in [2.05, 4.69) is 37.3 Å². The van der Waals surface area contributed by atoms with Crippen molar-refractivity contribution in [2.75, 3.05) is 12.4 Å². The van der Waals surface area contributed by atoms with Crippen LogP contribution < -0.4 is 10.1 Å². The number of carbonyl (C=O) groups excluding carboxylic acids is 1. The first-order chi connectivity index (χ1) is 17.4. The number of hydrogen-bond donors (Lipinski definition) is 1. The summed E-state index contributed by atoms with van der Waals surface area (Å²) in [6.45, 7) is 0. The van der Waals surface area contributed by atoms with Crippen molar-refractivity contribution in [3.8, 4) is 40.0 Å². The quantitative estimate of drug-likeness (QED) is 0.372. The van der Waals surface area contributed by atoms with Gasteiger partial charge in [-0.2, -0.15) is 0 Å². The van der Waals surface area contributed by atoms with Crippen LogP contribution in [0.1, 0.15) is 40.3 Å². The normalized spacial score (nSPS) is 12.8. The molecule has 182 valence electrons. The molecular weight excluding hydrogens is 486 g/mol. The lowest BCUT2D eigenvalue weighted by Gasteiger charge is -2.15. The van der Waals surface area contributed by atoms with Crippen LogP contribution in [0, 0.1) is 17.8 Å². The van der Waals surface area contributed by atoms with Gasteiger partial charge < -0.3 is 9.30 Å². The van der Waals surface area contributed by atoms with Crippen molar-refractivity contribution in [3.63, 3.8) is 0 Å². The van der Waals surface area contributed by atoms with Gasteiger partial charge in [-0.25, -0.2) is 13.8 Å². The summed E-state index contributed by atoms with van der Waals surface area (Å²) in [5.41, 5.74) is 1.86. The van der Waals surface area contributed by atoms with Crippen LogP contribution in [-0.2, 0) is 7.05 Å². The molecule has 3 aromatic heterocycles. The number of benzene rings is 1. The number of anilines is 1. The van der Waals surface area contributed by atoms with Crippen LogP contribution in [0.25, 0.3) is 22.4 Å². The van der Waals surface area contributed by atoms with Crippen molar-refractivity contribution >= 4 is 22.4 Å². The molecule has 3 heterocycles. The Morgan fingerprint density at radius 3 is 2.75 bits per heavy atom. The fourth-order valence-electron chi connectivity index (χ4n) is 3.52. The van der Waals surface area contributed by atoms with Gasteiger partial charge in [-0.3, -0.25) is 15.1 Å². The Kier molecular flexibility index (Phi) is 6.43. The minimum Gasteiger partial charge on any atom is -0.494 e. The van der Waals surface area contributed by atoms with Gasteiger partial charge in [0.25, 0.3) is 12.3 Å². The molecule has 1 aromatic carbocycles. The van der Waals surface area contributed by atoms with Crippen LogP contribution in [0.5, 0.6) is 5.75 Å². The van der Waals surface area contributed by atoms with E-state index in [1.54, 1.807) is 29.1 Å².